The lowest BCUT2D eigenvalue weighted by Crippen LogP contribution is -2.18. The Kier molecular flexibility index (Phi) is 3.92. The van der Waals surface area contributed by atoms with Gasteiger partial charge in [-0.1, -0.05) is 6.92 Å². The molecule has 0 aliphatic heterocycles. The van der Waals surface area contributed by atoms with Crippen LogP contribution in [0.1, 0.15) is 23.0 Å². The number of aryl methyl sites for hydroxylation is 2. The van der Waals surface area contributed by atoms with Gasteiger partial charge in [0.25, 0.3) is 5.91 Å². The summed E-state index contributed by atoms with van der Waals surface area (Å²) < 4.78 is 15.3. The molecule has 1 amide bonds. The van der Waals surface area contributed by atoms with E-state index in [4.69, 9.17) is 5.73 Å². The molecule has 0 aliphatic rings. The lowest BCUT2D eigenvalue weighted by Gasteiger charge is -2.22. The fourth-order valence-corrected chi connectivity index (χ4v) is 2.75. The monoisotopic (exact) mass is 327 g/mol. The van der Waals surface area contributed by atoms with E-state index in [9.17, 15) is 9.18 Å². The van der Waals surface area contributed by atoms with Crippen LogP contribution in [0.4, 0.5) is 15.9 Å². The number of benzene rings is 1. The smallest absolute Gasteiger partial charge is 0.269 e. The Bertz CT molecular complexity index is 934. The topological polar surface area (TPSA) is 77.0 Å². The molecule has 0 spiro atoms. The van der Waals surface area contributed by atoms with E-state index in [-0.39, 0.29) is 11.5 Å². The normalized spacial score (nSPS) is 11.0. The molecule has 0 fully saturated rings. The highest BCUT2D eigenvalue weighted by atomic mass is 19.1. The number of anilines is 2. The van der Waals surface area contributed by atoms with Gasteiger partial charge in [0.2, 0.25) is 0 Å². The number of hydrogen-bond donors (Lipinski definition) is 1. The summed E-state index contributed by atoms with van der Waals surface area (Å²) in [6.07, 6.45) is 2.28. The number of carbonyl (C=O) groups excluding carboxylic acids is 1. The van der Waals surface area contributed by atoms with Gasteiger partial charge in [-0.3, -0.25) is 4.79 Å². The van der Waals surface area contributed by atoms with Crippen LogP contribution in [0, 0.1) is 5.82 Å². The summed E-state index contributed by atoms with van der Waals surface area (Å²) in [5.74, 6) is -0.373. The predicted molar refractivity (Wildman–Crippen MR) is 90.9 cm³/mol. The number of carbonyl (C=O) groups is 1. The Balaban J connectivity index is 2.18. The van der Waals surface area contributed by atoms with Crippen molar-refractivity contribution < 1.29 is 9.18 Å². The van der Waals surface area contributed by atoms with Crippen molar-refractivity contribution in [3.63, 3.8) is 0 Å². The lowest BCUT2D eigenvalue weighted by molar-refractivity contribution is 0.0997. The maximum Gasteiger partial charge on any atom is 0.269 e. The number of halogens is 1. The zero-order chi connectivity index (χ0) is 17.4. The van der Waals surface area contributed by atoms with Crippen molar-refractivity contribution in [3.05, 3.63) is 47.7 Å². The average Bonchev–Trinajstić information content (AvgIpc) is 2.94. The number of pyridine rings is 1. The van der Waals surface area contributed by atoms with Crippen LogP contribution in [0.25, 0.3) is 11.0 Å². The van der Waals surface area contributed by atoms with Gasteiger partial charge in [-0.25, -0.2) is 14.4 Å². The van der Waals surface area contributed by atoms with Crippen LogP contribution in [0.3, 0.4) is 0 Å². The van der Waals surface area contributed by atoms with Gasteiger partial charge in [-0.15, -0.1) is 0 Å². The third-order valence-electron chi connectivity index (χ3n) is 4.06. The SMILES string of the molecule is CCc1cc(F)ccc1N(C)c1cc2c(ncn2C)c(C(N)=O)n1. The Hall–Kier alpha value is -2.96. The number of nitrogens with two attached hydrogens (primary N) is 1. The summed E-state index contributed by atoms with van der Waals surface area (Å²) in [4.78, 5) is 22.1. The van der Waals surface area contributed by atoms with E-state index in [0.29, 0.717) is 17.8 Å². The van der Waals surface area contributed by atoms with Crippen molar-refractivity contribution in [2.24, 2.45) is 12.8 Å². The Morgan fingerprint density at radius 2 is 2.12 bits per heavy atom. The molecule has 0 bridgehead atoms. The lowest BCUT2D eigenvalue weighted by atomic mass is 10.1. The number of aromatic nitrogens is 3. The van der Waals surface area contributed by atoms with Gasteiger partial charge in [-0.2, -0.15) is 0 Å². The van der Waals surface area contributed by atoms with Gasteiger partial charge in [0.05, 0.1) is 11.8 Å². The first-order chi connectivity index (χ1) is 11.4. The van der Waals surface area contributed by atoms with Crippen molar-refractivity contribution in [2.45, 2.75) is 13.3 Å². The molecular formula is C17H18FN5O. The van der Waals surface area contributed by atoms with E-state index in [1.54, 1.807) is 17.0 Å². The average molecular weight is 327 g/mol. The zero-order valence-corrected chi connectivity index (χ0v) is 13.7. The van der Waals surface area contributed by atoms with Gasteiger partial charge in [0.1, 0.15) is 17.2 Å². The van der Waals surface area contributed by atoms with E-state index in [0.717, 1.165) is 16.8 Å². The number of imidazole rings is 1. The number of nitrogens with zero attached hydrogens (tertiary/aromatic N) is 4. The minimum absolute atomic E-state index is 0.120. The fraction of sp³-hybridized carbons (Fsp3) is 0.235. The van der Waals surface area contributed by atoms with Crippen LogP contribution in [0.15, 0.2) is 30.6 Å². The molecule has 3 aromatic rings. The largest absolute Gasteiger partial charge is 0.364 e. The van der Waals surface area contributed by atoms with Crippen molar-refractivity contribution in [3.8, 4) is 0 Å². The van der Waals surface area contributed by atoms with Gasteiger partial charge >= 0.3 is 0 Å². The number of amides is 1. The number of hydrogen-bond acceptors (Lipinski definition) is 4. The number of rotatable bonds is 4. The first kappa shape index (κ1) is 15.9. The van der Waals surface area contributed by atoms with Crippen LogP contribution >= 0.6 is 0 Å². The summed E-state index contributed by atoms with van der Waals surface area (Å²) in [7, 11) is 3.65. The van der Waals surface area contributed by atoms with E-state index in [2.05, 4.69) is 9.97 Å². The molecule has 0 unspecified atom stereocenters. The minimum atomic E-state index is -0.635. The molecule has 2 N–H and O–H groups in total. The fourth-order valence-electron chi connectivity index (χ4n) is 2.75. The number of primary amides is 1. The minimum Gasteiger partial charge on any atom is -0.364 e. The highest BCUT2D eigenvalue weighted by Crippen LogP contribution is 2.29. The molecule has 1 aromatic carbocycles. The van der Waals surface area contributed by atoms with E-state index in [1.165, 1.54) is 12.1 Å². The summed E-state index contributed by atoms with van der Waals surface area (Å²) in [5.41, 5.74) is 8.47. The van der Waals surface area contributed by atoms with Crippen LogP contribution in [0.2, 0.25) is 0 Å². The molecule has 0 aliphatic carbocycles. The second-order valence-electron chi connectivity index (χ2n) is 5.60. The Labute approximate surface area is 138 Å². The Morgan fingerprint density at radius 1 is 1.38 bits per heavy atom. The van der Waals surface area contributed by atoms with Gasteiger partial charge in [0, 0.05) is 25.8 Å². The molecule has 124 valence electrons. The molecule has 2 aromatic heterocycles. The molecular weight excluding hydrogens is 309 g/mol. The van der Waals surface area contributed by atoms with Gasteiger partial charge in [-0.05, 0) is 30.2 Å². The maximum atomic E-state index is 13.5. The molecule has 2 heterocycles. The third kappa shape index (κ3) is 2.58. The van der Waals surface area contributed by atoms with Gasteiger partial charge in [0.15, 0.2) is 5.69 Å². The van der Waals surface area contributed by atoms with Crippen molar-refractivity contribution >= 4 is 28.4 Å². The summed E-state index contributed by atoms with van der Waals surface area (Å²) in [5, 5.41) is 0. The van der Waals surface area contributed by atoms with Crippen LogP contribution < -0.4 is 10.6 Å². The Morgan fingerprint density at radius 3 is 2.79 bits per heavy atom. The first-order valence-electron chi connectivity index (χ1n) is 7.56. The molecule has 6 nitrogen and oxygen atoms in total. The van der Waals surface area contributed by atoms with Crippen LogP contribution in [-0.2, 0) is 13.5 Å². The second-order valence-corrected chi connectivity index (χ2v) is 5.60. The standard InChI is InChI=1S/C17H18FN5O/c1-4-10-7-11(18)5-6-12(10)23(3)14-8-13-15(20-9-22(13)2)16(21-14)17(19)24/h5-9H,4H2,1-3H3,(H2,19,24). The highest BCUT2D eigenvalue weighted by molar-refractivity contribution is 6.03. The van der Waals surface area contributed by atoms with E-state index >= 15 is 0 Å². The van der Waals surface area contributed by atoms with E-state index < -0.39 is 5.91 Å². The molecule has 0 radical (unpaired) electrons. The molecule has 0 saturated heterocycles. The number of fused-ring (bicyclic) bond motifs is 1. The maximum absolute atomic E-state index is 13.5. The summed E-state index contributed by atoms with van der Waals surface area (Å²) in [6.45, 7) is 1.96. The second kappa shape index (κ2) is 5.92. The summed E-state index contributed by atoms with van der Waals surface area (Å²) >= 11 is 0. The first-order valence-corrected chi connectivity index (χ1v) is 7.56. The third-order valence-corrected chi connectivity index (χ3v) is 4.06. The van der Waals surface area contributed by atoms with Crippen LogP contribution in [-0.4, -0.2) is 27.5 Å². The van der Waals surface area contributed by atoms with Gasteiger partial charge < -0.3 is 15.2 Å². The molecule has 0 saturated carbocycles. The molecule has 3 rings (SSSR count). The quantitative estimate of drug-likeness (QED) is 0.799. The molecule has 0 atom stereocenters. The van der Waals surface area contributed by atoms with Crippen molar-refractivity contribution in [1.29, 1.82) is 0 Å². The molecule has 7 heteroatoms. The van der Waals surface area contributed by atoms with Crippen molar-refractivity contribution in [1.82, 2.24) is 14.5 Å². The molecule has 24 heavy (non-hydrogen) atoms. The zero-order valence-electron chi connectivity index (χ0n) is 13.7. The predicted octanol–water partition coefficient (Wildman–Crippen LogP) is 2.54. The van der Waals surface area contributed by atoms with Crippen LogP contribution in [0.5, 0.6) is 0 Å². The highest BCUT2D eigenvalue weighted by Gasteiger charge is 2.18. The van der Waals surface area contributed by atoms with E-state index in [1.807, 2.05) is 32.0 Å². The van der Waals surface area contributed by atoms with Crippen molar-refractivity contribution in [2.75, 3.05) is 11.9 Å². The summed E-state index contributed by atoms with van der Waals surface area (Å²) in [6, 6.07) is 6.44.